The van der Waals surface area contributed by atoms with Crippen molar-refractivity contribution in [1.29, 1.82) is 0 Å². The molecule has 200 valence electrons. The number of hydrogen-bond acceptors (Lipinski definition) is 4. The number of piperazine rings is 2. The maximum atomic E-state index is 12.4. The van der Waals surface area contributed by atoms with Crippen LogP contribution in [-0.4, -0.2) is 106 Å². The van der Waals surface area contributed by atoms with E-state index in [1.54, 1.807) is 12.1 Å². The molecule has 7 heteroatoms. The zero-order chi connectivity index (χ0) is 27.7. The summed E-state index contributed by atoms with van der Waals surface area (Å²) in [5, 5.41) is 0. The summed E-state index contributed by atoms with van der Waals surface area (Å²) in [6.07, 6.45) is 5.28. The zero-order valence-corrected chi connectivity index (χ0v) is 24.5. The molecular formula is C31H40N4O2Si. The number of benzene rings is 2. The van der Waals surface area contributed by atoms with E-state index in [1.165, 1.54) is 0 Å². The maximum Gasteiger partial charge on any atom is 0.253 e. The minimum absolute atomic E-state index is 0.0988. The third-order valence-electron chi connectivity index (χ3n) is 6.59. The normalized spacial score (nSPS) is 16.4. The van der Waals surface area contributed by atoms with E-state index < -0.39 is 8.07 Å². The van der Waals surface area contributed by atoms with Crippen LogP contribution in [0, 0.1) is 23.8 Å². The molecule has 2 fully saturated rings. The third kappa shape index (κ3) is 8.88. The number of terminal acetylenes is 1. The Hall–Kier alpha value is -3.36. The fourth-order valence-corrected chi connectivity index (χ4v) is 4.57. The van der Waals surface area contributed by atoms with Gasteiger partial charge in [0.15, 0.2) is 0 Å². The third-order valence-corrected chi connectivity index (χ3v) is 7.47. The van der Waals surface area contributed by atoms with Crippen LogP contribution in [-0.2, 0) is 0 Å². The van der Waals surface area contributed by atoms with Gasteiger partial charge >= 0.3 is 0 Å². The minimum Gasteiger partial charge on any atom is -0.336 e. The summed E-state index contributed by atoms with van der Waals surface area (Å²) in [7, 11) is 2.81. The standard InChI is InChI=1S/C17H24N2OSi.C14H16N2O/c1-18-10-12-19(13-11-18)17(20)16-7-5-15(6-8-16)9-14-21(2,3)4;1-3-12-4-6-13(7-5-12)14(17)16-10-8-15(2)9-11-16/h5-8H,10-13H2,1-4H3;1,4-7H,8-11H2,2H3. The SMILES string of the molecule is C#Cc1ccc(C(=O)N2CCN(C)CC2)cc1.CN1CCN(C(=O)c2ccc(C#C[Si](C)(C)C)cc2)CC1. The first-order valence-corrected chi connectivity index (χ1v) is 16.7. The van der Waals surface area contributed by atoms with Gasteiger partial charge in [0.25, 0.3) is 11.8 Å². The first-order chi connectivity index (χ1) is 18.1. The number of hydrogen-bond donors (Lipinski definition) is 0. The van der Waals surface area contributed by atoms with E-state index in [1.807, 2.05) is 46.2 Å². The van der Waals surface area contributed by atoms with Crippen molar-refractivity contribution in [3.8, 4) is 23.8 Å². The van der Waals surface area contributed by atoms with Gasteiger partial charge in [-0.05, 0) is 62.6 Å². The lowest BCUT2D eigenvalue weighted by molar-refractivity contribution is 0.0657. The van der Waals surface area contributed by atoms with Gasteiger partial charge in [0, 0.05) is 74.6 Å². The molecule has 0 bridgehead atoms. The predicted octanol–water partition coefficient (Wildman–Crippen LogP) is 3.36. The van der Waals surface area contributed by atoms with Crippen LogP contribution in [0.1, 0.15) is 31.8 Å². The molecule has 2 aromatic carbocycles. The van der Waals surface area contributed by atoms with Crippen LogP contribution < -0.4 is 0 Å². The number of amides is 2. The van der Waals surface area contributed by atoms with E-state index >= 15 is 0 Å². The summed E-state index contributed by atoms with van der Waals surface area (Å²) in [6, 6.07) is 14.9. The molecule has 0 saturated carbocycles. The zero-order valence-electron chi connectivity index (χ0n) is 23.5. The van der Waals surface area contributed by atoms with Crippen molar-refractivity contribution in [2.75, 3.05) is 66.5 Å². The molecular weight excluding hydrogens is 488 g/mol. The molecule has 2 amide bonds. The second-order valence-electron chi connectivity index (χ2n) is 11.0. The fraction of sp³-hybridized carbons (Fsp3) is 0.419. The number of carbonyl (C=O) groups is 2. The van der Waals surface area contributed by atoms with Crippen molar-refractivity contribution in [1.82, 2.24) is 19.6 Å². The summed E-state index contributed by atoms with van der Waals surface area (Å²) >= 11 is 0. The molecule has 0 unspecified atom stereocenters. The second-order valence-corrected chi connectivity index (χ2v) is 15.7. The van der Waals surface area contributed by atoms with Crippen molar-refractivity contribution in [3.05, 3.63) is 70.8 Å². The van der Waals surface area contributed by atoms with Gasteiger partial charge in [-0.15, -0.1) is 12.0 Å². The molecule has 2 aliphatic rings. The van der Waals surface area contributed by atoms with E-state index in [0.717, 1.165) is 69.0 Å². The molecule has 0 aromatic heterocycles. The first kappa shape index (κ1) is 29.2. The average Bonchev–Trinajstić information content (AvgIpc) is 2.92. The number of nitrogens with zero attached hydrogens (tertiary/aromatic N) is 4. The predicted molar refractivity (Wildman–Crippen MR) is 158 cm³/mol. The van der Waals surface area contributed by atoms with Gasteiger partial charge in [-0.3, -0.25) is 9.59 Å². The second kappa shape index (κ2) is 13.4. The maximum absolute atomic E-state index is 12.4. The van der Waals surface area contributed by atoms with Crippen molar-refractivity contribution >= 4 is 19.9 Å². The van der Waals surface area contributed by atoms with Gasteiger partial charge in [-0.25, -0.2) is 0 Å². The van der Waals surface area contributed by atoms with Gasteiger partial charge in [0.05, 0.1) is 0 Å². The van der Waals surface area contributed by atoms with Gasteiger partial charge in [0.1, 0.15) is 8.07 Å². The molecule has 0 radical (unpaired) electrons. The Morgan fingerprint density at radius 2 is 1.03 bits per heavy atom. The summed E-state index contributed by atoms with van der Waals surface area (Å²) in [4.78, 5) is 32.9. The lowest BCUT2D eigenvalue weighted by atomic mass is 10.1. The minimum atomic E-state index is -1.35. The fourth-order valence-electron chi connectivity index (χ4n) is 4.05. The van der Waals surface area contributed by atoms with E-state index in [4.69, 9.17) is 6.42 Å². The molecule has 0 spiro atoms. The summed E-state index contributed by atoms with van der Waals surface area (Å²) < 4.78 is 0. The first-order valence-electron chi connectivity index (χ1n) is 13.2. The van der Waals surface area contributed by atoms with Gasteiger partial charge in [-0.2, -0.15) is 0 Å². The monoisotopic (exact) mass is 528 g/mol. The average molecular weight is 529 g/mol. The van der Waals surface area contributed by atoms with Crippen LogP contribution in [0.5, 0.6) is 0 Å². The van der Waals surface area contributed by atoms with Crippen LogP contribution in [0.15, 0.2) is 48.5 Å². The number of carbonyl (C=O) groups excluding carboxylic acids is 2. The molecule has 2 aromatic rings. The summed E-state index contributed by atoms with van der Waals surface area (Å²) in [5.41, 5.74) is 6.62. The van der Waals surface area contributed by atoms with Gasteiger partial charge in [-0.1, -0.05) is 31.5 Å². The van der Waals surface area contributed by atoms with E-state index in [9.17, 15) is 9.59 Å². The summed E-state index contributed by atoms with van der Waals surface area (Å²) in [6.45, 7) is 13.7. The highest BCUT2D eigenvalue weighted by Gasteiger charge is 2.21. The van der Waals surface area contributed by atoms with Crippen LogP contribution in [0.4, 0.5) is 0 Å². The lowest BCUT2D eigenvalue weighted by Gasteiger charge is -2.32. The molecule has 0 aliphatic carbocycles. The van der Waals surface area contributed by atoms with Gasteiger partial charge in [0.2, 0.25) is 0 Å². The summed E-state index contributed by atoms with van der Waals surface area (Å²) in [5.74, 6) is 5.99. The molecule has 2 saturated heterocycles. The highest BCUT2D eigenvalue weighted by Crippen LogP contribution is 2.11. The largest absolute Gasteiger partial charge is 0.336 e. The van der Waals surface area contributed by atoms with E-state index in [0.29, 0.717) is 5.56 Å². The Bertz CT molecular complexity index is 1180. The highest BCUT2D eigenvalue weighted by molar-refractivity contribution is 6.83. The van der Waals surface area contributed by atoms with Crippen molar-refractivity contribution in [2.45, 2.75) is 19.6 Å². The van der Waals surface area contributed by atoms with Gasteiger partial charge < -0.3 is 19.6 Å². The Kier molecular flexibility index (Phi) is 10.3. The Balaban J connectivity index is 0.000000215. The number of rotatable bonds is 2. The smallest absolute Gasteiger partial charge is 0.253 e. The lowest BCUT2D eigenvalue weighted by Crippen LogP contribution is -2.47. The molecule has 6 nitrogen and oxygen atoms in total. The molecule has 0 atom stereocenters. The Morgan fingerprint density at radius 3 is 1.37 bits per heavy atom. The molecule has 0 N–H and O–H groups in total. The van der Waals surface area contributed by atoms with Crippen molar-refractivity contribution < 1.29 is 9.59 Å². The number of likely N-dealkylation sites (N-methyl/N-ethyl adjacent to an activating group) is 2. The van der Waals surface area contributed by atoms with E-state index in [2.05, 4.69) is 60.9 Å². The quantitative estimate of drug-likeness (QED) is 0.443. The highest BCUT2D eigenvalue weighted by atomic mass is 28.3. The van der Waals surface area contributed by atoms with Crippen LogP contribution in [0.2, 0.25) is 19.6 Å². The topological polar surface area (TPSA) is 47.1 Å². The Morgan fingerprint density at radius 1 is 0.658 bits per heavy atom. The van der Waals surface area contributed by atoms with Crippen molar-refractivity contribution in [3.63, 3.8) is 0 Å². The molecule has 2 aliphatic heterocycles. The Labute approximate surface area is 229 Å². The van der Waals surface area contributed by atoms with Crippen molar-refractivity contribution in [2.24, 2.45) is 0 Å². The van der Waals surface area contributed by atoms with Crippen LogP contribution in [0.3, 0.4) is 0 Å². The van der Waals surface area contributed by atoms with Crippen LogP contribution >= 0.6 is 0 Å². The molecule has 4 rings (SSSR count). The van der Waals surface area contributed by atoms with Crippen LogP contribution in [0.25, 0.3) is 0 Å². The molecule has 2 heterocycles. The van der Waals surface area contributed by atoms with E-state index in [-0.39, 0.29) is 11.8 Å². The molecule has 38 heavy (non-hydrogen) atoms.